The van der Waals surface area contributed by atoms with Crippen LogP contribution >= 0.6 is 0 Å². The number of rotatable bonds is 11. The van der Waals surface area contributed by atoms with Crippen LogP contribution in [0.25, 0.3) is 5.65 Å². The molecule has 0 spiro atoms. The van der Waals surface area contributed by atoms with E-state index in [0.29, 0.717) is 12.5 Å². The Hall–Kier alpha value is -3.08. The summed E-state index contributed by atoms with van der Waals surface area (Å²) in [7, 11) is 4.29. The number of fused-ring (bicyclic) bond motifs is 1. The second kappa shape index (κ2) is 11.2. The Morgan fingerprint density at radius 2 is 1.88 bits per heavy atom. The van der Waals surface area contributed by atoms with Gasteiger partial charge in [-0.25, -0.2) is 4.98 Å². The molecule has 0 radical (unpaired) electrons. The molecule has 0 fully saturated rings. The molecule has 5 nitrogen and oxygen atoms in total. The lowest BCUT2D eigenvalue weighted by molar-refractivity contribution is 0.522. The van der Waals surface area contributed by atoms with Gasteiger partial charge in [0.2, 0.25) is 0 Å². The first-order chi connectivity index (χ1) is 16.2. The summed E-state index contributed by atoms with van der Waals surface area (Å²) in [6, 6.07) is 15.0. The van der Waals surface area contributed by atoms with E-state index in [-0.39, 0.29) is 0 Å². The summed E-state index contributed by atoms with van der Waals surface area (Å²) in [5, 5.41) is 8.14. The molecule has 1 atom stereocenters. The zero-order valence-electron chi connectivity index (χ0n) is 20.1. The molecule has 0 amide bonds. The first-order valence-corrected chi connectivity index (χ1v) is 12.2. The molecule has 0 aliphatic heterocycles. The quantitative estimate of drug-likeness (QED) is 0.290. The van der Waals surface area contributed by atoms with Gasteiger partial charge in [-0.15, -0.1) is 0 Å². The van der Waals surface area contributed by atoms with E-state index in [0.717, 1.165) is 48.2 Å². The Bertz CT molecular complexity index is 1180. The van der Waals surface area contributed by atoms with Gasteiger partial charge in [0.25, 0.3) is 0 Å². The number of aromatic nitrogens is 4. The molecule has 1 aromatic carbocycles. The van der Waals surface area contributed by atoms with E-state index in [1.165, 1.54) is 29.6 Å². The van der Waals surface area contributed by atoms with Gasteiger partial charge in [0, 0.05) is 42.8 Å². The standard InChI is InChI=1S/C26H33B2N5/c1-2-8-21(12-4-3-10-20-11-5-6-13-22(20)27)24-15-25(30-17-19-9-7-14-29-16-19)33-26(32-24)23(28)18-31-33/h5-7,9,11,13-16,18,21,30H,2-4,8,10,12,17,27-28H2,1H3. The average molecular weight is 437 g/mol. The maximum atomic E-state index is 5.07. The van der Waals surface area contributed by atoms with Crippen molar-refractivity contribution in [3.63, 3.8) is 0 Å². The fraction of sp³-hybridized carbons (Fsp3) is 0.346. The molecule has 33 heavy (non-hydrogen) atoms. The molecule has 0 aliphatic rings. The predicted molar refractivity (Wildman–Crippen MR) is 143 cm³/mol. The van der Waals surface area contributed by atoms with Gasteiger partial charge in [-0.2, -0.15) is 9.61 Å². The summed E-state index contributed by atoms with van der Waals surface area (Å²) in [5.74, 6) is 1.46. The zero-order chi connectivity index (χ0) is 23.0. The van der Waals surface area contributed by atoms with Crippen LogP contribution in [0.15, 0.2) is 61.1 Å². The highest BCUT2D eigenvalue weighted by Crippen LogP contribution is 2.28. The lowest BCUT2D eigenvalue weighted by Crippen LogP contribution is -2.13. The van der Waals surface area contributed by atoms with Crippen LogP contribution in [0.5, 0.6) is 0 Å². The van der Waals surface area contributed by atoms with Gasteiger partial charge in [-0.3, -0.25) is 4.98 Å². The highest BCUT2D eigenvalue weighted by atomic mass is 15.3. The molecule has 0 bridgehead atoms. The first kappa shape index (κ1) is 23.1. The van der Waals surface area contributed by atoms with E-state index in [9.17, 15) is 0 Å². The van der Waals surface area contributed by atoms with Crippen LogP contribution in [0.1, 0.15) is 61.8 Å². The summed E-state index contributed by atoms with van der Waals surface area (Å²) < 4.78 is 1.93. The Balaban J connectivity index is 1.49. The summed E-state index contributed by atoms with van der Waals surface area (Å²) >= 11 is 0. The van der Waals surface area contributed by atoms with Crippen LogP contribution in [0, 0.1) is 0 Å². The van der Waals surface area contributed by atoms with Crippen molar-refractivity contribution in [3.05, 3.63) is 77.9 Å². The monoisotopic (exact) mass is 437 g/mol. The Labute approximate surface area is 198 Å². The van der Waals surface area contributed by atoms with Crippen molar-refractivity contribution < 1.29 is 0 Å². The van der Waals surface area contributed by atoms with Gasteiger partial charge in [0.05, 0.1) is 0 Å². The van der Waals surface area contributed by atoms with Crippen molar-refractivity contribution in [1.29, 1.82) is 0 Å². The number of benzene rings is 1. The first-order valence-electron chi connectivity index (χ1n) is 12.2. The van der Waals surface area contributed by atoms with Crippen molar-refractivity contribution >= 4 is 38.1 Å². The number of pyridine rings is 1. The van der Waals surface area contributed by atoms with E-state index >= 15 is 0 Å². The molecule has 7 heteroatoms. The molecule has 168 valence electrons. The molecule has 3 heterocycles. The summed E-state index contributed by atoms with van der Waals surface area (Å²) in [6.45, 7) is 2.98. The second-order valence-electron chi connectivity index (χ2n) is 9.00. The number of hydrogen-bond donors (Lipinski definition) is 1. The van der Waals surface area contributed by atoms with Crippen molar-refractivity contribution in [3.8, 4) is 0 Å². The number of nitrogens with one attached hydrogen (secondary N) is 1. The van der Waals surface area contributed by atoms with Crippen LogP contribution in [-0.2, 0) is 13.0 Å². The third kappa shape index (κ3) is 5.84. The maximum absolute atomic E-state index is 5.07. The van der Waals surface area contributed by atoms with Crippen molar-refractivity contribution in [2.45, 2.75) is 57.9 Å². The summed E-state index contributed by atoms with van der Waals surface area (Å²) in [4.78, 5) is 9.30. The minimum Gasteiger partial charge on any atom is -0.366 e. The second-order valence-corrected chi connectivity index (χ2v) is 9.00. The Morgan fingerprint density at radius 1 is 1.00 bits per heavy atom. The predicted octanol–water partition coefficient (Wildman–Crippen LogP) is 2.55. The Morgan fingerprint density at radius 3 is 2.67 bits per heavy atom. The molecule has 1 N–H and O–H groups in total. The fourth-order valence-electron chi connectivity index (χ4n) is 4.51. The molecule has 3 aromatic heterocycles. The van der Waals surface area contributed by atoms with Crippen LogP contribution in [0.4, 0.5) is 5.82 Å². The number of anilines is 1. The minimum absolute atomic E-state index is 0.463. The van der Waals surface area contributed by atoms with E-state index in [4.69, 9.17) is 4.98 Å². The maximum Gasteiger partial charge on any atom is 0.151 e. The molecular weight excluding hydrogens is 404 g/mol. The van der Waals surface area contributed by atoms with E-state index in [2.05, 4.69) is 74.4 Å². The van der Waals surface area contributed by atoms with Crippen molar-refractivity contribution in [2.75, 3.05) is 5.32 Å². The molecule has 0 aliphatic carbocycles. The van der Waals surface area contributed by atoms with Crippen LogP contribution in [0.3, 0.4) is 0 Å². The van der Waals surface area contributed by atoms with Gasteiger partial charge < -0.3 is 5.32 Å². The van der Waals surface area contributed by atoms with E-state index in [1.807, 2.05) is 23.0 Å². The molecule has 1 unspecified atom stereocenters. The van der Waals surface area contributed by atoms with Crippen LogP contribution < -0.4 is 16.2 Å². The molecule has 0 saturated carbocycles. The largest absolute Gasteiger partial charge is 0.366 e. The van der Waals surface area contributed by atoms with Gasteiger partial charge in [0.1, 0.15) is 21.5 Å². The summed E-state index contributed by atoms with van der Waals surface area (Å²) in [5.41, 5.74) is 7.25. The number of aryl methyl sites for hydroxylation is 1. The van der Waals surface area contributed by atoms with Crippen LogP contribution in [-0.4, -0.2) is 35.3 Å². The topological polar surface area (TPSA) is 55.1 Å². The number of hydrogen-bond acceptors (Lipinski definition) is 4. The van der Waals surface area contributed by atoms with Gasteiger partial charge >= 0.3 is 0 Å². The molecule has 4 aromatic rings. The molecule has 4 rings (SSSR count). The highest BCUT2D eigenvalue weighted by Gasteiger charge is 2.17. The average Bonchev–Trinajstić information content (AvgIpc) is 3.22. The third-order valence-corrected chi connectivity index (χ3v) is 6.43. The number of nitrogens with zero attached hydrogens (tertiary/aromatic N) is 4. The lowest BCUT2D eigenvalue weighted by atomic mass is 9.87. The third-order valence-electron chi connectivity index (χ3n) is 6.43. The lowest BCUT2D eigenvalue weighted by Gasteiger charge is -2.18. The van der Waals surface area contributed by atoms with Gasteiger partial charge in [0.15, 0.2) is 5.65 Å². The van der Waals surface area contributed by atoms with Crippen molar-refractivity contribution in [1.82, 2.24) is 19.6 Å². The van der Waals surface area contributed by atoms with E-state index in [1.54, 1.807) is 6.20 Å². The molecule has 0 saturated heterocycles. The van der Waals surface area contributed by atoms with E-state index < -0.39 is 0 Å². The van der Waals surface area contributed by atoms with Crippen molar-refractivity contribution in [2.24, 2.45) is 0 Å². The minimum atomic E-state index is 0.463. The zero-order valence-corrected chi connectivity index (χ0v) is 20.1. The summed E-state index contributed by atoms with van der Waals surface area (Å²) in [6.07, 6.45) is 12.7. The fourth-order valence-corrected chi connectivity index (χ4v) is 4.51. The smallest absolute Gasteiger partial charge is 0.151 e. The molecular formula is C26H33B2N5. The van der Waals surface area contributed by atoms with Gasteiger partial charge in [-0.1, -0.05) is 61.1 Å². The highest BCUT2D eigenvalue weighted by molar-refractivity contribution is 6.36. The SMILES string of the molecule is Bc1ccccc1CCCCC(CCC)c1cc(NCc2cccnc2)n2ncc(B)c2n1. The van der Waals surface area contributed by atoms with Crippen LogP contribution in [0.2, 0.25) is 0 Å². The Kier molecular flexibility index (Phi) is 7.82. The van der Waals surface area contributed by atoms with Gasteiger partial charge in [-0.05, 0) is 42.8 Å². The normalized spacial score (nSPS) is 12.2. The number of unbranched alkanes of at least 4 members (excludes halogenated alkanes) is 1.